The second kappa shape index (κ2) is 9.09. The molecular weight excluding hydrogens is 448 g/mol. The number of methoxy groups -OCH3 is 1. The fraction of sp³-hybridized carbons (Fsp3) is 0.520. The number of rotatable bonds is 5. The summed E-state index contributed by atoms with van der Waals surface area (Å²) >= 11 is 0. The molecule has 184 valence electrons. The van der Waals surface area contributed by atoms with Gasteiger partial charge in [-0.25, -0.2) is 19.4 Å². The first-order valence-electron chi connectivity index (χ1n) is 12.4. The van der Waals surface area contributed by atoms with Crippen molar-refractivity contribution in [1.82, 2.24) is 19.7 Å². The van der Waals surface area contributed by atoms with E-state index < -0.39 is 6.09 Å². The van der Waals surface area contributed by atoms with Crippen LogP contribution in [0.4, 0.5) is 16.3 Å². The van der Waals surface area contributed by atoms with E-state index in [9.17, 15) is 4.79 Å². The molecule has 35 heavy (non-hydrogen) atoms. The summed E-state index contributed by atoms with van der Waals surface area (Å²) in [4.78, 5) is 23.3. The summed E-state index contributed by atoms with van der Waals surface area (Å²) in [6.07, 6.45) is 7.81. The van der Waals surface area contributed by atoms with E-state index >= 15 is 0 Å². The highest BCUT2D eigenvalue weighted by Gasteiger charge is 2.36. The van der Waals surface area contributed by atoms with Gasteiger partial charge in [-0.15, -0.1) is 0 Å². The van der Waals surface area contributed by atoms with Crippen molar-refractivity contribution in [3.05, 3.63) is 30.5 Å². The van der Waals surface area contributed by atoms with Crippen molar-refractivity contribution in [3.8, 4) is 11.4 Å². The second-order valence-corrected chi connectivity index (χ2v) is 9.73. The quantitative estimate of drug-likeness (QED) is 0.564. The van der Waals surface area contributed by atoms with Gasteiger partial charge in [-0.1, -0.05) is 0 Å². The number of carboxylic acid groups (broad SMARTS) is 1. The molecule has 1 aliphatic carbocycles. The first-order valence-corrected chi connectivity index (χ1v) is 12.4. The molecule has 3 aliphatic rings. The molecule has 6 rings (SSSR count). The summed E-state index contributed by atoms with van der Waals surface area (Å²) in [7, 11) is 1.78. The normalized spacial score (nSPS) is 26.3. The number of ether oxygens (including phenoxy) is 2. The molecule has 0 spiro atoms. The summed E-state index contributed by atoms with van der Waals surface area (Å²) in [5.41, 5.74) is 2.18. The van der Waals surface area contributed by atoms with Crippen molar-refractivity contribution >= 4 is 28.6 Å². The van der Waals surface area contributed by atoms with E-state index in [1.807, 2.05) is 18.3 Å². The predicted octanol–water partition coefficient (Wildman–Crippen LogP) is 4.08. The number of aromatic nitrogens is 4. The Kier molecular flexibility index (Phi) is 5.77. The van der Waals surface area contributed by atoms with E-state index in [2.05, 4.69) is 14.9 Å². The van der Waals surface area contributed by atoms with Crippen LogP contribution in [0.5, 0.6) is 0 Å². The van der Waals surface area contributed by atoms with Crippen LogP contribution in [-0.4, -0.2) is 69.5 Å². The number of carbonyl (C=O) groups is 1. The summed E-state index contributed by atoms with van der Waals surface area (Å²) in [6, 6.07) is 7.44. The monoisotopic (exact) mass is 478 g/mol. The maximum atomic E-state index is 11.0. The highest BCUT2D eigenvalue weighted by molar-refractivity contribution is 5.89. The Morgan fingerprint density at radius 3 is 2.43 bits per heavy atom. The van der Waals surface area contributed by atoms with Gasteiger partial charge in [-0.3, -0.25) is 5.32 Å². The molecule has 2 unspecified atom stereocenters. The molecule has 2 bridgehead atoms. The summed E-state index contributed by atoms with van der Waals surface area (Å²) in [5.74, 6) is 1.51. The average molecular weight is 479 g/mol. The van der Waals surface area contributed by atoms with Crippen molar-refractivity contribution in [2.75, 3.05) is 30.4 Å². The Morgan fingerprint density at radius 2 is 1.77 bits per heavy atom. The molecule has 3 fully saturated rings. The summed E-state index contributed by atoms with van der Waals surface area (Å²) in [6.45, 7) is 1.63. The highest BCUT2D eigenvalue weighted by atomic mass is 16.5. The lowest BCUT2D eigenvalue weighted by molar-refractivity contribution is 0.0303. The van der Waals surface area contributed by atoms with Crippen LogP contribution >= 0.6 is 0 Å². The largest absolute Gasteiger partial charge is 0.465 e. The van der Waals surface area contributed by atoms with Gasteiger partial charge in [0.2, 0.25) is 0 Å². The van der Waals surface area contributed by atoms with Crippen molar-refractivity contribution in [2.24, 2.45) is 0 Å². The van der Waals surface area contributed by atoms with Crippen LogP contribution in [0.25, 0.3) is 22.4 Å². The smallest absolute Gasteiger partial charge is 0.409 e. The molecule has 1 amide bonds. The van der Waals surface area contributed by atoms with E-state index in [4.69, 9.17) is 29.6 Å². The van der Waals surface area contributed by atoms with E-state index in [-0.39, 0.29) is 18.2 Å². The van der Waals surface area contributed by atoms with Gasteiger partial charge in [0.15, 0.2) is 11.5 Å². The molecule has 2 aliphatic heterocycles. The van der Waals surface area contributed by atoms with Crippen LogP contribution in [0.15, 0.2) is 30.5 Å². The van der Waals surface area contributed by atoms with Crippen LogP contribution in [0.2, 0.25) is 0 Å². The Labute approximate surface area is 203 Å². The Balaban J connectivity index is 1.40. The van der Waals surface area contributed by atoms with Crippen molar-refractivity contribution in [2.45, 2.75) is 62.9 Å². The Morgan fingerprint density at radius 1 is 1.06 bits per heavy atom. The van der Waals surface area contributed by atoms with Crippen LogP contribution in [0.3, 0.4) is 0 Å². The summed E-state index contributed by atoms with van der Waals surface area (Å²) < 4.78 is 13.7. The van der Waals surface area contributed by atoms with Gasteiger partial charge >= 0.3 is 6.09 Å². The maximum Gasteiger partial charge on any atom is 0.409 e. The van der Waals surface area contributed by atoms with E-state index in [0.717, 1.165) is 74.0 Å². The van der Waals surface area contributed by atoms with Gasteiger partial charge in [-0.05, 0) is 62.8 Å². The number of nitrogens with zero attached hydrogens (tertiary/aromatic N) is 5. The zero-order valence-electron chi connectivity index (χ0n) is 19.8. The molecule has 10 heteroatoms. The average Bonchev–Trinajstić information content (AvgIpc) is 3.45. The van der Waals surface area contributed by atoms with Crippen LogP contribution < -0.4 is 10.2 Å². The molecule has 1 aromatic carbocycles. The molecular formula is C25H30N6O4. The van der Waals surface area contributed by atoms with Crippen LogP contribution in [0.1, 0.15) is 44.6 Å². The van der Waals surface area contributed by atoms with Gasteiger partial charge in [0.1, 0.15) is 5.82 Å². The first kappa shape index (κ1) is 22.2. The number of anilines is 2. The van der Waals surface area contributed by atoms with Crippen molar-refractivity contribution in [3.63, 3.8) is 0 Å². The number of hydrogen-bond acceptors (Lipinski definition) is 7. The third kappa shape index (κ3) is 4.32. The van der Waals surface area contributed by atoms with Crippen molar-refractivity contribution < 1.29 is 19.4 Å². The molecule has 3 aromatic rings. The number of fused-ring (bicyclic) bond motifs is 3. The van der Waals surface area contributed by atoms with Gasteiger partial charge < -0.3 is 19.5 Å². The molecule has 1 saturated carbocycles. The minimum Gasteiger partial charge on any atom is -0.465 e. The van der Waals surface area contributed by atoms with Gasteiger partial charge in [0.25, 0.3) is 0 Å². The number of amides is 1. The van der Waals surface area contributed by atoms with Crippen molar-refractivity contribution in [1.29, 1.82) is 0 Å². The number of morpholine rings is 1. The molecule has 10 nitrogen and oxygen atoms in total. The molecule has 2 saturated heterocycles. The minimum absolute atomic E-state index is 0.239. The zero-order valence-corrected chi connectivity index (χ0v) is 19.8. The lowest BCUT2D eigenvalue weighted by atomic mass is 9.93. The van der Waals surface area contributed by atoms with Gasteiger partial charge in [-0.2, -0.15) is 5.10 Å². The Bertz CT molecular complexity index is 1210. The minimum atomic E-state index is -1.09. The third-order valence-corrected chi connectivity index (χ3v) is 7.49. The summed E-state index contributed by atoms with van der Waals surface area (Å²) in [5, 5.41) is 17.1. The van der Waals surface area contributed by atoms with Gasteiger partial charge in [0.05, 0.1) is 35.9 Å². The second-order valence-electron chi connectivity index (χ2n) is 9.73. The molecule has 2 aromatic heterocycles. The van der Waals surface area contributed by atoms with E-state index in [1.54, 1.807) is 19.2 Å². The highest BCUT2D eigenvalue weighted by Crippen LogP contribution is 2.36. The lowest BCUT2D eigenvalue weighted by Gasteiger charge is -2.33. The SMILES string of the molecule is COC1CCC(n2ncc3c(N4CC5CCC(C4)O5)nc(-c4ccc(NC(=O)O)cc4)nc32)CC1. The topological polar surface area (TPSA) is 115 Å². The number of nitrogens with one attached hydrogen (secondary N) is 1. The molecule has 2 N–H and O–H groups in total. The molecule has 4 heterocycles. The predicted molar refractivity (Wildman–Crippen MR) is 131 cm³/mol. The number of hydrogen-bond donors (Lipinski definition) is 2. The van der Waals surface area contributed by atoms with Gasteiger partial charge in [0, 0.05) is 31.5 Å². The number of benzene rings is 1. The molecule has 0 radical (unpaired) electrons. The fourth-order valence-electron chi connectivity index (χ4n) is 5.69. The fourth-order valence-corrected chi connectivity index (χ4v) is 5.69. The van der Waals surface area contributed by atoms with Crippen LogP contribution in [-0.2, 0) is 9.47 Å². The van der Waals surface area contributed by atoms with Crippen LogP contribution in [0, 0.1) is 0 Å². The van der Waals surface area contributed by atoms with E-state index in [1.165, 1.54) is 0 Å². The third-order valence-electron chi connectivity index (χ3n) is 7.49. The molecule has 2 atom stereocenters. The lowest BCUT2D eigenvalue weighted by Crippen LogP contribution is -2.43. The standard InChI is InChI=1S/C25H30N6O4/c1-34-18-8-6-17(7-9-18)31-24-21(12-26-31)23(30-13-19-10-11-20(14-30)35-19)28-22(29-24)15-2-4-16(5-3-15)27-25(32)33/h2-5,12,17-20,27H,6-11,13-14H2,1H3,(H,32,33). The zero-order chi connectivity index (χ0) is 23.9. The first-order chi connectivity index (χ1) is 17.1. The van der Waals surface area contributed by atoms with E-state index in [0.29, 0.717) is 17.6 Å². The Hall–Kier alpha value is -3.24. The maximum absolute atomic E-state index is 11.0.